The summed E-state index contributed by atoms with van der Waals surface area (Å²) in [5.41, 5.74) is 3.98. The van der Waals surface area contributed by atoms with E-state index in [-0.39, 0.29) is 18.2 Å². The maximum atomic E-state index is 12.4. The average molecular weight is 446 g/mol. The van der Waals surface area contributed by atoms with Crippen molar-refractivity contribution < 1.29 is 14.0 Å². The number of benzene rings is 2. The largest absolute Gasteiger partial charge is 0.459 e. The third-order valence-electron chi connectivity index (χ3n) is 4.83. The zero-order chi connectivity index (χ0) is 22.5. The number of anilines is 1. The van der Waals surface area contributed by atoms with Crippen molar-refractivity contribution in [2.75, 3.05) is 5.32 Å². The minimum atomic E-state index is -0.169. The second-order valence-corrected chi connectivity index (χ2v) is 8.39. The van der Waals surface area contributed by atoms with Crippen LogP contribution in [0.3, 0.4) is 0 Å². The topological polar surface area (TPSA) is 84.2 Å². The van der Waals surface area contributed by atoms with E-state index in [4.69, 9.17) is 4.42 Å². The van der Waals surface area contributed by atoms with E-state index in [2.05, 4.69) is 15.6 Å². The highest BCUT2D eigenvalue weighted by atomic mass is 32.1. The Labute approximate surface area is 190 Å². The minimum absolute atomic E-state index is 0.119. The van der Waals surface area contributed by atoms with Crippen LogP contribution < -0.4 is 10.6 Å². The molecule has 0 saturated carbocycles. The second-order valence-electron chi connectivity index (χ2n) is 7.53. The van der Waals surface area contributed by atoms with Crippen molar-refractivity contribution in [1.82, 2.24) is 10.3 Å². The van der Waals surface area contributed by atoms with Crippen molar-refractivity contribution in [1.29, 1.82) is 0 Å². The normalized spacial score (nSPS) is 10.7. The lowest BCUT2D eigenvalue weighted by Gasteiger charge is -2.09. The van der Waals surface area contributed by atoms with Gasteiger partial charge in [-0.25, -0.2) is 4.98 Å². The maximum absolute atomic E-state index is 12.4. The monoisotopic (exact) mass is 445 g/mol. The second kappa shape index (κ2) is 9.62. The fourth-order valence-electron chi connectivity index (χ4n) is 3.15. The number of thiazole rings is 1. The van der Waals surface area contributed by atoms with E-state index in [1.807, 2.05) is 67.8 Å². The smallest absolute Gasteiger partial charge is 0.255 e. The van der Waals surface area contributed by atoms with Crippen LogP contribution in [0.1, 0.15) is 32.9 Å². The number of nitrogens with zero attached hydrogens (tertiary/aromatic N) is 1. The van der Waals surface area contributed by atoms with Gasteiger partial charge in [0.25, 0.3) is 5.91 Å². The molecule has 0 unspecified atom stereocenters. The molecular formula is C25H23N3O3S. The summed E-state index contributed by atoms with van der Waals surface area (Å²) in [7, 11) is 0. The molecule has 6 nitrogen and oxygen atoms in total. The first-order valence-corrected chi connectivity index (χ1v) is 11.1. The first kappa shape index (κ1) is 21.5. The highest BCUT2D eigenvalue weighted by Crippen LogP contribution is 2.25. The third-order valence-corrected chi connectivity index (χ3v) is 5.74. The van der Waals surface area contributed by atoms with Gasteiger partial charge in [0.15, 0.2) is 10.8 Å². The van der Waals surface area contributed by atoms with Crippen LogP contribution in [0.4, 0.5) is 5.69 Å². The first-order valence-electron chi connectivity index (χ1n) is 10.2. The molecule has 0 aliphatic carbocycles. The van der Waals surface area contributed by atoms with Gasteiger partial charge in [-0.2, -0.15) is 0 Å². The van der Waals surface area contributed by atoms with Gasteiger partial charge < -0.3 is 15.1 Å². The van der Waals surface area contributed by atoms with Crippen LogP contribution in [-0.4, -0.2) is 16.8 Å². The zero-order valence-electron chi connectivity index (χ0n) is 17.8. The van der Waals surface area contributed by atoms with Crippen molar-refractivity contribution in [3.8, 4) is 10.8 Å². The molecule has 0 spiro atoms. The maximum Gasteiger partial charge on any atom is 0.255 e. The Kier molecular flexibility index (Phi) is 6.47. The van der Waals surface area contributed by atoms with E-state index in [9.17, 15) is 9.59 Å². The average Bonchev–Trinajstić information content (AvgIpc) is 3.42. The van der Waals surface area contributed by atoms with E-state index in [0.29, 0.717) is 29.2 Å². The van der Waals surface area contributed by atoms with Crippen LogP contribution in [0.15, 0.2) is 70.5 Å². The third kappa shape index (κ3) is 5.50. The van der Waals surface area contributed by atoms with Gasteiger partial charge in [0.05, 0.1) is 12.1 Å². The molecule has 4 rings (SSSR count). The lowest BCUT2D eigenvalue weighted by molar-refractivity contribution is -0.120. The lowest BCUT2D eigenvalue weighted by atomic mass is 10.1. The van der Waals surface area contributed by atoms with Crippen molar-refractivity contribution in [2.45, 2.75) is 26.8 Å². The predicted molar refractivity (Wildman–Crippen MR) is 126 cm³/mol. The van der Waals surface area contributed by atoms with Gasteiger partial charge in [0.1, 0.15) is 5.76 Å². The molecule has 162 valence electrons. The number of amides is 2. The van der Waals surface area contributed by atoms with E-state index < -0.39 is 0 Å². The van der Waals surface area contributed by atoms with Crippen LogP contribution in [0.2, 0.25) is 0 Å². The fourth-order valence-corrected chi connectivity index (χ4v) is 3.93. The van der Waals surface area contributed by atoms with E-state index in [1.165, 1.54) is 11.3 Å². The highest BCUT2D eigenvalue weighted by molar-refractivity contribution is 7.13. The molecule has 2 heterocycles. The van der Waals surface area contributed by atoms with Crippen molar-refractivity contribution in [3.63, 3.8) is 0 Å². The molecule has 0 fully saturated rings. The van der Waals surface area contributed by atoms with Gasteiger partial charge in [0.2, 0.25) is 5.91 Å². The van der Waals surface area contributed by atoms with Gasteiger partial charge in [0, 0.05) is 23.2 Å². The summed E-state index contributed by atoms with van der Waals surface area (Å²) < 4.78 is 5.58. The first-order chi connectivity index (χ1) is 15.5. The number of hydrogen-bond acceptors (Lipinski definition) is 5. The molecule has 2 aromatic carbocycles. The van der Waals surface area contributed by atoms with Gasteiger partial charge in [-0.15, -0.1) is 11.3 Å². The Morgan fingerprint density at radius 3 is 2.59 bits per heavy atom. The molecular weight excluding hydrogens is 422 g/mol. The number of nitrogens with one attached hydrogen (secondary N) is 2. The van der Waals surface area contributed by atoms with Crippen LogP contribution in [0, 0.1) is 13.8 Å². The van der Waals surface area contributed by atoms with E-state index >= 15 is 0 Å². The van der Waals surface area contributed by atoms with Gasteiger partial charge in [-0.1, -0.05) is 29.8 Å². The van der Waals surface area contributed by atoms with Crippen LogP contribution in [-0.2, 0) is 17.8 Å². The summed E-state index contributed by atoms with van der Waals surface area (Å²) in [6.45, 7) is 4.22. The Morgan fingerprint density at radius 1 is 1.03 bits per heavy atom. The van der Waals surface area contributed by atoms with Crippen molar-refractivity contribution in [2.24, 2.45) is 0 Å². The van der Waals surface area contributed by atoms with E-state index in [1.54, 1.807) is 12.1 Å². The summed E-state index contributed by atoms with van der Waals surface area (Å²) in [5, 5.41) is 8.44. The molecule has 0 saturated heterocycles. The predicted octanol–water partition coefficient (Wildman–Crippen LogP) is 5.13. The van der Waals surface area contributed by atoms with Crippen molar-refractivity contribution >= 4 is 28.8 Å². The number of carbonyl (C=O) groups is 2. The van der Waals surface area contributed by atoms with Crippen LogP contribution >= 0.6 is 11.3 Å². The molecule has 2 amide bonds. The fraction of sp³-hybridized carbons (Fsp3) is 0.160. The molecule has 0 atom stereocenters. The quantitative estimate of drug-likeness (QED) is 0.413. The summed E-state index contributed by atoms with van der Waals surface area (Å²) in [6.07, 6.45) is 0.194. The van der Waals surface area contributed by atoms with Crippen molar-refractivity contribution in [3.05, 3.63) is 94.2 Å². The number of hydrogen-bond donors (Lipinski definition) is 2. The molecule has 4 aromatic rings. The number of aryl methyl sites for hydroxylation is 2. The molecule has 7 heteroatoms. The Hall–Kier alpha value is -3.71. The van der Waals surface area contributed by atoms with E-state index in [0.717, 1.165) is 21.9 Å². The molecule has 2 aromatic heterocycles. The van der Waals surface area contributed by atoms with Gasteiger partial charge in [-0.3, -0.25) is 9.59 Å². The molecule has 0 bridgehead atoms. The molecule has 0 aliphatic rings. The lowest BCUT2D eigenvalue weighted by Crippen LogP contribution is -2.24. The molecule has 0 radical (unpaired) electrons. The standard InChI is InChI=1S/C25H23N3O3S/c1-16-6-9-19(10-7-16)24(30)27-20-5-3-4-18(12-20)14-26-23(29)13-21-15-32-25(28-21)22-11-8-17(2)31-22/h3-12,15H,13-14H2,1-2H3,(H,26,29)(H,27,30). The van der Waals surface area contributed by atoms with Gasteiger partial charge in [-0.05, 0) is 55.8 Å². The zero-order valence-corrected chi connectivity index (χ0v) is 18.7. The molecule has 32 heavy (non-hydrogen) atoms. The SMILES string of the molecule is Cc1ccc(C(=O)Nc2cccc(CNC(=O)Cc3csc(-c4ccc(C)o4)n3)c2)cc1. The summed E-state index contributed by atoms with van der Waals surface area (Å²) in [4.78, 5) is 29.3. The number of aromatic nitrogens is 1. The number of furan rings is 1. The Balaban J connectivity index is 1.31. The Bertz CT molecular complexity index is 1240. The van der Waals surface area contributed by atoms with Crippen LogP contribution in [0.5, 0.6) is 0 Å². The summed E-state index contributed by atoms with van der Waals surface area (Å²) in [6, 6.07) is 18.6. The van der Waals surface area contributed by atoms with Gasteiger partial charge >= 0.3 is 0 Å². The number of rotatable bonds is 7. The highest BCUT2D eigenvalue weighted by Gasteiger charge is 2.12. The molecule has 0 aliphatic heterocycles. The number of carbonyl (C=O) groups excluding carboxylic acids is 2. The minimum Gasteiger partial charge on any atom is -0.459 e. The Morgan fingerprint density at radius 2 is 1.84 bits per heavy atom. The molecule has 2 N–H and O–H groups in total. The summed E-state index contributed by atoms with van der Waals surface area (Å²) in [5.74, 6) is 1.25. The summed E-state index contributed by atoms with van der Waals surface area (Å²) >= 11 is 1.45. The van der Waals surface area contributed by atoms with Crippen LogP contribution in [0.25, 0.3) is 10.8 Å².